The van der Waals surface area contributed by atoms with E-state index >= 15 is 0 Å². The van der Waals surface area contributed by atoms with Gasteiger partial charge in [-0.05, 0) is 59.7 Å². The Morgan fingerprint density at radius 2 is 1.29 bits per heavy atom. The Balaban J connectivity index is 1.52. The molecule has 9 heteroatoms. The first-order valence-electron chi connectivity index (χ1n) is 13.3. The van der Waals surface area contributed by atoms with E-state index in [0.29, 0.717) is 40.0 Å². The Hall–Kier alpha value is -5.44. The molecule has 0 saturated heterocycles. The largest absolute Gasteiger partial charge is 0.465 e. The standard InChI is InChI=1S/C33H28N4O5/c1-20-18-30(38)36-37-31(20)25-14-17-28-29(19-25)35-27(16-9-22-6-12-24(13-7-22)33(40)42-3)26(34-28)15-8-21-4-10-23(11-5-21)32(39)41-2/h4-17,19-20H,18H2,1-3H3,(H,36,38). The lowest BCUT2D eigenvalue weighted by Gasteiger charge is -2.19. The maximum absolute atomic E-state index is 11.8. The molecule has 1 amide bonds. The molecule has 1 aliphatic heterocycles. The fourth-order valence-electron chi connectivity index (χ4n) is 4.54. The summed E-state index contributed by atoms with van der Waals surface area (Å²) in [6, 6.07) is 19.9. The number of carbonyl (C=O) groups excluding carboxylic acids is 3. The van der Waals surface area contributed by atoms with Gasteiger partial charge in [-0.2, -0.15) is 5.10 Å². The van der Waals surface area contributed by atoms with E-state index in [9.17, 15) is 14.4 Å². The summed E-state index contributed by atoms with van der Waals surface area (Å²) in [4.78, 5) is 45.1. The molecule has 1 aromatic heterocycles. The summed E-state index contributed by atoms with van der Waals surface area (Å²) in [6.07, 6.45) is 7.90. The number of carbonyl (C=O) groups is 3. The molecule has 42 heavy (non-hydrogen) atoms. The maximum Gasteiger partial charge on any atom is 0.337 e. The van der Waals surface area contributed by atoms with Gasteiger partial charge < -0.3 is 9.47 Å². The first-order valence-corrected chi connectivity index (χ1v) is 13.3. The highest BCUT2D eigenvalue weighted by molar-refractivity contribution is 6.07. The van der Waals surface area contributed by atoms with E-state index in [1.807, 2.05) is 73.7 Å². The van der Waals surface area contributed by atoms with Crippen LogP contribution < -0.4 is 5.43 Å². The van der Waals surface area contributed by atoms with Crippen molar-refractivity contribution in [1.29, 1.82) is 0 Å². The number of hydrogen-bond donors (Lipinski definition) is 1. The average Bonchev–Trinajstić information content (AvgIpc) is 3.02. The van der Waals surface area contributed by atoms with E-state index in [1.165, 1.54) is 14.2 Å². The van der Waals surface area contributed by atoms with Gasteiger partial charge in [0.05, 0.1) is 53.5 Å². The molecule has 210 valence electrons. The minimum atomic E-state index is -0.398. The lowest BCUT2D eigenvalue weighted by Crippen LogP contribution is -2.31. The van der Waals surface area contributed by atoms with Crippen LogP contribution in [0.5, 0.6) is 0 Å². The topological polar surface area (TPSA) is 120 Å². The number of hydrazone groups is 1. The molecule has 3 aromatic carbocycles. The first kappa shape index (κ1) is 28.1. The van der Waals surface area contributed by atoms with Crippen LogP contribution in [0.2, 0.25) is 0 Å². The normalized spacial score (nSPS) is 15.1. The van der Waals surface area contributed by atoms with Crippen LogP contribution in [-0.2, 0) is 14.3 Å². The molecule has 0 fully saturated rings. The van der Waals surface area contributed by atoms with Gasteiger partial charge >= 0.3 is 11.9 Å². The van der Waals surface area contributed by atoms with Crippen LogP contribution in [-0.4, -0.2) is 47.7 Å². The predicted molar refractivity (Wildman–Crippen MR) is 161 cm³/mol. The molecule has 5 rings (SSSR count). The second kappa shape index (κ2) is 12.4. The molecule has 1 N–H and O–H groups in total. The van der Waals surface area contributed by atoms with Crippen molar-refractivity contribution in [3.05, 3.63) is 106 Å². The lowest BCUT2D eigenvalue weighted by molar-refractivity contribution is -0.121. The Labute approximate surface area is 242 Å². The van der Waals surface area contributed by atoms with Crippen molar-refractivity contribution in [2.45, 2.75) is 13.3 Å². The molecular weight excluding hydrogens is 532 g/mol. The third kappa shape index (κ3) is 6.31. The summed E-state index contributed by atoms with van der Waals surface area (Å²) < 4.78 is 9.56. The zero-order valence-corrected chi connectivity index (χ0v) is 23.3. The maximum atomic E-state index is 11.8. The number of ether oxygens (including phenoxy) is 2. The van der Waals surface area contributed by atoms with Crippen molar-refractivity contribution in [1.82, 2.24) is 15.4 Å². The Kier molecular flexibility index (Phi) is 8.29. The number of esters is 2. The smallest absolute Gasteiger partial charge is 0.337 e. The van der Waals surface area contributed by atoms with Gasteiger partial charge in [-0.25, -0.2) is 25.0 Å². The molecule has 0 saturated carbocycles. The number of aromatic nitrogens is 2. The quantitative estimate of drug-likeness (QED) is 0.300. The second-order valence-electron chi connectivity index (χ2n) is 9.73. The van der Waals surface area contributed by atoms with Crippen molar-refractivity contribution in [2.75, 3.05) is 14.2 Å². The highest BCUT2D eigenvalue weighted by Gasteiger charge is 2.22. The minimum absolute atomic E-state index is 0.0238. The number of nitrogens with one attached hydrogen (secondary N) is 1. The summed E-state index contributed by atoms with van der Waals surface area (Å²) in [5.74, 6) is -0.918. The molecule has 1 atom stereocenters. The van der Waals surface area contributed by atoms with E-state index in [-0.39, 0.29) is 11.8 Å². The SMILES string of the molecule is COC(=O)c1ccc(C=Cc2nc3ccc(C4=NNC(=O)CC4C)cc3nc2C=Cc2ccc(C(=O)OC)cc2)cc1. The summed E-state index contributed by atoms with van der Waals surface area (Å²) in [7, 11) is 2.70. The number of amides is 1. The number of benzene rings is 3. The fraction of sp³-hybridized carbons (Fsp3) is 0.152. The zero-order chi connectivity index (χ0) is 29.6. The number of hydrogen-bond acceptors (Lipinski definition) is 8. The van der Waals surface area contributed by atoms with Crippen LogP contribution in [0.4, 0.5) is 0 Å². The van der Waals surface area contributed by atoms with Gasteiger partial charge in [-0.3, -0.25) is 4.79 Å². The van der Waals surface area contributed by atoms with Gasteiger partial charge in [-0.1, -0.05) is 49.4 Å². The lowest BCUT2D eigenvalue weighted by atomic mass is 9.94. The van der Waals surface area contributed by atoms with E-state index in [4.69, 9.17) is 19.4 Å². The number of nitrogens with zero attached hydrogens (tertiary/aromatic N) is 3. The minimum Gasteiger partial charge on any atom is -0.465 e. The van der Waals surface area contributed by atoms with Crippen molar-refractivity contribution in [2.24, 2.45) is 11.0 Å². The predicted octanol–water partition coefficient (Wildman–Crippen LogP) is 5.40. The van der Waals surface area contributed by atoms with E-state index in [1.54, 1.807) is 24.3 Å². The third-order valence-corrected chi connectivity index (χ3v) is 6.81. The molecule has 0 radical (unpaired) electrons. The van der Waals surface area contributed by atoms with E-state index in [2.05, 4.69) is 10.5 Å². The molecule has 0 bridgehead atoms. The molecule has 1 aliphatic rings. The van der Waals surface area contributed by atoms with Crippen LogP contribution in [0.3, 0.4) is 0 Å². The van der Waals surface area contributed by atoms with E-state index in [0.717, 1.165) is 22.4 Å². The Bertz CT molecular complexity index is 1760. The number of rotatable bonds is 7. The first-order chi connectivity index (χ1) is 20.3. The van der Waals surface area contributed by atoms with Crippen LogP contribution in [0, 0.1) is 5.92 Å². The second-order valence-corrected chi connectivity index (χ2v) is 9.73. The number of methoxy groups -OCH3 is 2. The molecule has 9 nitrogen and oxygen atoms in total. The summed E-state index contributed by atoms with van der Waals surface area (Å²) in [6.45, 7) is 1.97. The molecule has 2 heterocycles. The van der Waals surface area contributed by atoms with Crippen LogP contribution in [0.25, 0.3) is 35.3 Å². The summed E-state index contributed by atoms with van der Waals surface area (Å²) in [5, 5.41) is 4.28. The molecule has 0 spiro atoms. The average molecular weight is 561 g/mol. The van der Waals surface area contributed by atoms with Crippen molar-refractivity contribution >= 4 is 58.9 Å². The summed E-state index contributed by atoms with van der Waals surface area (Å²) >= 11 is 0. The highest BCUT2D eigenvalue weighted by Crippen LogP contribution is 2.23. The van der Waals surface area contributed by atoms with Gasteiger partial charge in [0.1, 0.15) is 0 Å². The van der Waals surface area contributed by atoms with Gasteiger partial charge in [0.2, 0.25) is 5.91 Å². The molecule has 4 aromatic rings. The number of fused-ring (bicyclic) bond motifs is 1. The fourth-order valence-corrected chi connectivity index (χ4v) is 4.54. The van der Waals surface area contributed by atoms with Gasteiger partial charge in [0, 0.05) is 17.9 Å². The zero-order valence-electron chi connectivity index (χ0n) is 23.3. The van der Waals surface area contributed by atoms with Crippen LogP contribution in [0.1, 0.15) is 62.1 Å². The monoisotopic (exact) mass is 560 g/mol. The van der Waals surface area contributed by atoms with Gasteiger partial charge in [-0.15, -0.1) is 0 Å². The van der Waals surface area contributed by atoms with Crippen LogP contribution >= 0.6 is 0 Å². The molecular formula is C33H28N4O5. The molecule has 0 aliphatic carbocycles. The van der Waals surface area contributed by atoms with Gasteiger partial charge in [0.25, 0.3) is 0 Å². The van der Waals surface area contributed by atoms with Crippen LogP contribution in [0.15, 0.2) is 71.8 Å². The highest BCUT2D eigenvalue weighted by atomic mass is 16.5. The summed E-state index contributed by atoms with van der Waals surface area (Å²) in [5.41, 5.74) is 9.55. The van der Waals surface area contributed by atoms with Crippen molar-refractivity contribution in [3.63, 3.8) is 0 Å². The van der Waals surface area contributed by atoms with Gasteiger partial charge in [0.15, 0.2) is 0 Å². The Morgan fingerprint density at radius 3 is 1.79 bits per heavy atom. The molecule has 1 unspecified atom stereocenters. The Morgan fingerprint density at radius 1 is 0.762 bits per heavy atom. The van der Waals surface area contributed by atoms with E-state index < -0.39 is 11.9 Å². The van der Waals surface area contributed by atoms with Crippen molar-refractivity contribution < 1.29 is 23.9 Å². The third-order valence-electron chi connectivity index (χ3n) is 6.81. The van der Waals surface area contributed by atoms with Crippen molar-refractivity contribution in [3.8, 4) is 0 Å².